The van der Waals surface area contributed by atoms with Crippen molar-refractivity contribution in [1.29, 1.82) is 0 Å². The number of urea groups is 1. The lowest BCUT2D eigenvalue weighted by Crippen LogP contribution is -2.52. The first-order chi connectivity index (χ1) is 17.5. The van der Waals surface area contributed by atoms with Crippen molar-refractivity contribution >= 4 is 17.7 Å². The zero-order valence-electron chi connectivity index (χ0n) is 21.0. The summed E-state index contributed by atoms with van der Waals surface area (Å²) in [5, 5.41) is 13.2. The molecule has 1 saturated carbocycles. The largest absolute Gasteiger partial charge is 0.493 e. The molecule has 0 spiro atoms. The van der Waals surface area contributed by atoms with Crippen molar-refractivity contribution in [3.63, 3.8) is 0 Å². The number of aliphatic carboxylic acids is 1. The van der Waals surface area contributed by atoms with Gasteiger partial charge in [0.05, 0.1) is 14.2 Å². The van der Waals surface area contributed by atoms with E-state index in [1.54, 1.807) is 14.2 Å². The molecular weight excluding hydrogens is 491 g/mol. The third-order valence-corrected chi connectivity index (χ3v) is 7.10. The van der Waals surface area contributed by atoms with Crippen LogP contribution in [0.2, 0.25) is 0 Å². The monoisotopic (exact) mass is 523 g/mol. The second kappa shape index (κ2) is 11.7. The fourth-order valence-electron chi connectivity index (χ4n) is 5.27. The summed E-state index contributed by atoms with van der Waals surface area (Å²) in [4.78, 5) is 23.8. The number of anilines is 1. The van der Waals surface area contributed by atoms with Gasteiger partial charge in [-0.15, -0.1) is 0 Å². The van der Waals surface area contributed by atoms with Gasteiger partial charge >= 0.3 is 18.2 Å². The highest BCUT2D eigenvalue weighted by Gasteiger charge is 2.50. The Kier molecular flexibility index (Phi) is 8.90. The van der Waals surface area contributed by atoms with Gasteiger partial charge in [0.1, 0.15) is 0 Å². The summed E-state index contributed by atoms with van der Waals surface area (Å²) in [5.74, 6) is -1.22. The molecule has 0 unspecified atom stereocenters. The zero-order valence-corrected chi connectivity index (χ0v) is 21.0. The van der Waals surface area contributed by atoms with Crippen molar-refractivity contribution in [1.82, 2.24) is 10.2 Å². The van der Waals surface area contributed by atoms with E-state index in [1.165, 1.54) is 5.56 Å². The molecule has 2 amide bonds. The molecule has 0 aromatic heterocycles. The van der Waals surface area contributed by atoms with Gasteiger partial charge in [0.15, 0.2) is 11.5 Å². The number of halogens is 3. The molecule has 2 fully saturated rings. The summed E-state index contributed by atoms with van der Waals surface area (Å²) in [6.45, 7) is 1.06. The number of carboxylic acids is 1. The third kappa shape index (κ3) is 6.65. The molecule has 3 N–H and O–H groups in total. The lowest BCUT2D eigenvalue weighted by Gasteiger charge is -2.45. The Morgan fingerprint density at radius 2 is 1.70 bits per heavy atom. The van der Waals surface area contributed by atoms with Gasteiger partial charge in [0, 0.05) is 23.2 Å². The Morgan fingerprint density at radius 3 is 2.30 bits per heavy atom. The maximum atomic E-state index is 12.5. The summed E-state index contributed by atoms with van der Waals surface area (Å²) >= 11 is 0. The van der Waals surface area contributed by atoms with Crippen LogP contribution >= 0.6 is 0 Å². The molecule has 11 heteroatoms. The molecule has 1 saturated heterocycles. The molecule has 1 heterocycles. The fourth-order valence-corrected chi connectivity index (χ4v) is 5.27. The molecule has 37 heavy (non-hydrogen) atoms. The lowest BCUT2D eigenvalue weighted by atomic mass is 9.65. The van der Waals surface area contributed by atoms with Crippen LogP contribution in [0, 0.1) is 0 Å². The van der Waals surface area contributed by atoms with E-state index in [0.29, 0.717) is 6.04 Å². The first-order valence-electron chi connectivity index (χ1n) is 11.9. The molecule has 0 radical (unpaired) electrons. The molecule has 1 aliphatic carbocycles. The minimum Gasteiger partial charge on any atom is -0.493 e. The van der Waals surface area contributed by atoms with Crippen LogP contribution in [0.5, 0.6) is 11.5 Å². The maximum Gasteiger partial charge on any atom is 0.490 e. The predicted octanol–water partition coefficient (Wildman–Crippen LogP) is 4.65. The average Bonchev–Trinajstić information content (AvgIpc) is 3.21. The number of hydrogen-bond acceptors (Lipinski definition) is 5. The average molecular weight is 524 g/mol. The lowest BCUT2D eigenvalue weighted by molar-refractivity contribution is -0.192. The standard InChI is InChI=1S/C24H31N3O3.C2HF3O2/c1-27-14-13-24(17-9-10-20(29-2)21(15-17)30-3)12-11-19(16-22(24)27)26-23(28)25-18-7-5-4-6-8-18;3-2(4,5)1(6)7/h4-10,15,19,22H,11-14,16H2,1-3H3,(H2,25,26,28);(H,6,7)/t19-,22+,24+;/m1./s1. The molecule has 2 aromatic rings. The summed E-state index contributed by atoms with van der Waals surface area (Å²) < 4.78 is 42.7. The van der Waals surface area contributed by atoms with Crippen LogP contribution < -0.4 is 20.1 Å². The number of alkyl halides is 3. The Hall–Kier alpha value is -3.47. The first kappa shape index (κ1) is 28.1. The van der Waals surface area contributed by atoms with Gasteiger partial charge in [-0.05, 0) is 69.1 Å². The minimum atomic E-state index is -5.08. The van der Waals surface area contributed by atoms with Gasteiger partial charge in [0.25, 0.3) is 0 Å². The fraction of sp³-hybridized carbons (Fsp3) is 0.462. The van der Waals surface area contributed by atoms with E-state index >= 15 is 0 Å². The van der Waals surface area contributed by atoms with Crippen LogP contribution in [0.1, 0.15) is 31.2 Å². The summed E-state index contributed by atoms with van der Waals surface area (Å²) in [6.07, 6.45) is -1.03. The number of carboxylic acid groups (broad SMARTS) is 1. The smallest absolute Gasteiger partial charge is 0.490 e. The molecular formula is C26H32F3N3O5. The minimum absolute atomic E-state index is 0.0857. The number of carbonyl (C=O) groups is 2. The molecule has 0 bridgehead atoms. The van der Waals surface area contributed by atoms with Gasteiger partial charge < -0.3 is 30.1 Å². The number of nitrogens with zero attached hydrogens (tertiary/aromatic N) is 1. The number of benzene rings is 2. The Balaban J connectivity index is 0.000000479. The van der Waals surface area contributed by atoms with E-state index < -0.39 is 12.1 Å². The second-order valence-corrected chi connectivity index (χ2v) is 9.21. The van der Waals surface area contributed by atoms with Crippen molar-refractivity contribution in [2.75, 3.05) is 33.1 Å². The summed E-state index contributed by atoms with van der Waals surface area (Å²) in [6, 6.07) is 16.3. The van der Waals surface area contributed by atoms with Crippen molar-refractivity contribution < 1.29 is 37.3 Å². The van der Waals surface area contributed by atoms with Gasteiger partial charge in [0.2, 0.25) is 0 Å². The summed E-state index contributed by atoms with van der Waals surface area (Å²) in [7, 11) is 5.54. The number of fused-ring (bicyclic) bond motifs is 1. The van der Waals surface area contributed by atoms with E-state index in [1.807, 2.05) is 36.4 Å². The molecule has 2 aromatic carbocycles. The van der Waals surface area contributed by atoms with E-state index in [9.17, 15) is 18.0 Å². The van der Waals surface area contributed by atoms with Crippen LogP contribution in [0.3, 0.4) is 0 Å². The molecule has 8 nitrogen and oxygen atoms in total. The Bertz CT molecular complexity index is 1080. The third-order valence-electron chi connectivity index (χ3n) is 7.10. The van der Waals surface area contributed by atoms with E-state index in [2.05, 4.69) is 34.7 Å². The molecule has 1 aliphatic heterocycles. The highest BCUT2D eigenvalue weighted by Crippen LogP contribution is 2.49. The molecule has 3 atom stereocenters. The van der Waals surface area contributed by atoms with Gasteiger partial charge in [-0.2, -0.15) is 13.2 Å². The number of rotatable bonds is 5. The van der Waals surface area contributed by atoms with Crippen molar-refractivity contribution in [2.45, 2.75) is 49.4 Å². The van der Waals surface area contributed by atoms with Crippen LogP contribution in [0.4, 0.5) is 23.7 Å². The van der Waals surface area contributed by atoms with Crippen molar-refractivity contribution in [3.8, 4) is 11.5 Å². The Labute approximate surface area is 213 Å². The quantitative estimate of drug-likeness (QED) is 0.528. The highest BCUT2D eigenvalue weighted by atomic mass is 19.4. The molecule has 202 valence electrons. The SMILES string of the molecule is COc1ccc([C@@]23CC[C@@H](NC(=O)Nc4ccccc4)C[C@@H]2N(C)CC3)cc1OC.O=C(O)C(F)(F)F. The predicted molar refractivity (Wildman–Crippen MR) is 132 cm³/mol. The number of likely N-dealkylation sites (N-methyl/N-ethyl adjacent to an activating group) is 1. The van der Waals surface area contributed by atoms with Gasteiger partial charge in [-0.25, -0.2) is 9.59 Å². The molecule has 4 rings (SSSR count). The topological polar surface area (TPSA) is 100 Å². The van der Waals surface area contributed by atoms with Crippen molar-refractivity contribution in [3.05, 3.63) is 54.1 Å². The number of hydrogen-bond donors (Lipinski definition) is 3. The van der Waals surface area contributed by atoms with Crippen LogP contribution in [0.25, 0.3) is 0 Å². The second-order valence-electron chi connectivity index (χ2n) is 9.21. The number of carbonyl (C=O) groups excluding carboxylic acids is 1. The van der Waals surface area contributed by atoms with Gasteiger partial charge in [-0.3, -0.25) is 0 Å². The van der Waals surface area contributed by atoms with E-state index in [-0.39, 0.29) is 17.5 Å². The first-order valence-corrected chi connectivity index (χ1v) is 11.9. The number of methoxy groups -OCH3 is 2. The summed E-state index contributed by atoms with van der Waals surface area (Å²) in [5.41, 5.74) is 2.20. The van der Waals surface area contributed by atoms with Crippen LogP contribution in [-0.4, -0.2) is 68.1 Å². The molecule has 2 aliphatic rings. The number of para-hydroxylation sites is 1. The number of nitrogens with one attached hydrogen (secondary N) is 2. The van der Waals surface area contributed by atoms with E-state index in [4.69, 9.17) is 19.4 Å². The number of likely N-dealkylation sites (tertiary alicyclic amines) is 1. The van der Waals surface area contributed by atoms with Crippen LogP contribution in [-0.2, 0) is 10.2 Å². The highest BCUT2D eigenvalue weighted by molar-refractivity contribution is 5.89. The Morgan fingerprint density at radius 1 is 1.05 bits per heavy atom. The number of amides is 2. The van der Waals surface area contributed by atoms with Crippen LogP contribution in [0.15, 0.2) is 48.5 Å². The van der Waals surface area contributed by atoms with E-state index in [0.717, 1.165) is 49.4 Å². The van der Waals surface area contributed by atoms with Crippen molar-refractivity contribution in [2.24, 2.45) is 0 Å². The zero-order chi connectivity index (χ0) is 27.2. The van der Waals surface area contributed by atoms with Gasteiger partial charge in [-0.1, -0.05) is 24.3 Å². The normalized spacial score (nSPS) is 23.2. The number of ether oxygens (including phenoxy) is 2. The maximum absolute atomic E-state index is 12.5.